The average molecular weight is 573 g/mol. The van der Waals surface area contributed by atoms with Crippen LogP contribution in [-0.4, -0.2) is 65.5 Å². The Morgan fingerprint density at radius 2 is 1.21 bits per heavy atom. The van der Waals surface area contributed by atoms with Gasteiger partial charge in [0, 0.05) is 49.9 Å². The van der Waals surface area contributed by atoms with Gasteiger partial charge in [-0.2, -0.15) is 0 Å². The van der Waals surface area contributed by atoms with E-state index in [1.165, 1.54) is 6.92 Å². The Bertz CT molecular complexity index is 1390. The molecule has 2 aromatic carbocycles. The molecule has 11 heteroatoms. The van der Waals surface area contributed by atoms with Gasteiger partial charge in [0.25, 0.3) is 0 Å². The molecule has 1 amide bonds. The summed E-state index contributed by atoms with van der Waals surface area (Å²) in [7, 11) is -2.14. The summed E-state index contributed by atoms with van der Waals surface area (Å²) < 4.78 is 10.8. The van der Waals surface area contributed by atoms with Crippen LogP contribution in [0, 0.1) is 39.5 Å². The number of rotatable bonds is 9. The van der Waals surface area contributed by atoms with E-state index < -0.39 is 14.2 Å². The third kappa shape index (κ3) is 5.63. The molecule has 2 aromatic rings. The van der Waals surface area contributed by atoms with Gasteiger partial charge in [-0.3, -0.25) is 14.4 Å². The maximum absolute atomic E-state index is 13.7. The normalized spacial score (nSPS) is 19.4. The first-order valence-corrected chi connectivity index (χ1v) is 14.6. The third-order valence-electron chi connectivity index (χ3n) is 9.32. The number of likely N-dealkylation sites (tertiary alicyclic amines) is 1. The SMILES string of the molecule is CC(=O)CCC(=O)N1CC(CC(=O)c2cc(C)c3c(c2C)B(O)OC3)C(CC(=O)c2cc(C)c3c(c2C)B(O)OC3)C1. The van der Waals surface area contributed by atoms with Crippen molar-refractivity contribution in [2.24, 2.45) is 11.8 Å². The molecule has 0 radical (unpaired) electrons. The summed E-state index contributed by atoms with van der Waals surface area (Å²) in [6.07, 6.45) is 0.523. The van der Waals surface area contributed by atoms with Gasteiger partial charge in [0.2, 0.25) is 5.91 Å². The Morgan fingerprint density at radius 1 is 0.786 bits per heavy atom. The van der Waals surface area contributed by atoms with Crippen LogP contribution >= 0.6 is 0 Å². The zero-order valence-electron chi connectivity index (χ0n) is 24.9. The van der Waals surface area contributed by atoms with Gasteiger partial charge in [-0.15, -0.1) is 0 Å². The lowest BCUT2D eigenvalue weighted by atomic mass is 9.72. The second-order valence-corrected chi connectivity index (χ2v) is 12.1. The molecule has 220 valence electrons. The maximum Gasteiger partial charge on any atom is 0.492 e. The van der Waals surface area contributed by atoms with Crippen molar-refractivity contribution in [2.75, 3.05) is 13.1 Å². The van der Waals surface area contributed by atoms with Crippen molar-refractivity contribution >= 4 is 48.4 Å². The summed E-state index contributed by atoms with van der Waals surface area (Å²) in [5.41, 5.74) is 7.26. The molecule has 0 bridgehead atoms. The van der Waals surface area contributed by atoms with E-state index in [-0.39, 0.29) is 60.8 Å². The molecule has 3 aliphatic heterocycles. The predicted octanol–water partition coefficient (Wildman–Crippen LogP) is 1.65. The van der Waals surface area contributed by atoms with Crippen LogP contribution in [-0.2, 0) is 32.1 Å². The lowest BCUT2D eigenvalue weighted by molar-refractivity contribution is -0.132. The highest BCUT2D eigenvalue weighted by Gasteiger charge is 2.40. The summed E-state index contributed by atoms with van der Waals surface area (Å²) >= 11 is 0. The summed E-state index contributed by atoms with van der Waals surface area (Å²) in [6, 6.07) is 3.68. The number of fused-ring (bicyclic) bond motifs is 2. The zero-order valence-corrected chi connectivity index (χ0v) is 24.9. The van der Waals surface area contributed by atoms with Crippen LogP contribution in [0.2, 0.25) is 0 Å². The zero-order chi connectivity index (χ0) is 30.5. The van der Waals surface area contributed by atoms with Gasteiger partial charge in [0.15, 0.2) is 11.6 Å². The van der Waals surface area contributed by atoms with Gasteiger partial charge < -0.3 is 29.1 Å². The van der Waals surface area contributed by atoms with Crippen LogP contribution in [0.5, 0.6) is 0 Å². The van der Waals surface area contributed by atoms with Gasteiger partial charge in [-0.05, 0) is 103 Å². The molecule has 3 aliphatic rings. The van der Waals surface area contributed by atoms with Crippen molar-refractivity contribution in [1.29, 1.82) is 0 Å². The Labute approximate surface area is 246 Å². The highest BCUT2D eigenvalue weighted by Crippen LogP contribution is 2.34. The molecule has 1 saturated heterocycles. The first-order chi connectivity index (χ1) is 19.9. The Morgan fingerprint density at radius 3 is 1.62 bits per heavy atom. The quantitative estimate of drug-likeness (QED) is 0.342. The second-order valence-electron chi connectivity index (χ2n) is 12.1. The fourth-order valence-corrected chi connectivity index (χ4v) is 6.86. The van der Waals surface area contributed by atoms with E-state index in [4.69, 9.17) is 9.31 Å². The minimum atomic E-state index is -1.07. The van der Waals surface area contributed by atoms with E-state index in [0.29, 0.717) is 59.5 Å². The number of amides is 1. The van der Waals surface area contributed by atoms with Crippen LogP contribution in [0.1, 0.15) is 86.7 Å². The summed E-state index contributed by atoms with van der Waals surface area (Å²) in [4.78, 5) is 53.7. The standard InChI is InChI=1S/C31H37B2NO8/c1-16-8-23(19(4)30-25(16)14-41-32(30)39)27(36)10-21-12-34(29(38)7-6-18(3)35)13-22(21)11-28(37)24-9-17(2)26-15-42-33(40)31(26)20(24)5/h8-9,21-22,39-40H,6-7,10-15H2,1-5H3. The monoisotopic (exact) mass is 573 g/mol. The Kier molecular flexibility index (Phi) is 8.58. The molecule has 2 N–H and O–H groups in total. The molecular weight excluding hydrogens is 536 g/mol. The molecule has 9 nitrogen and oxygen atoms in total. The average Bonchev–Trinajstić information content (AvgIpc) is 3.64. The number of Topliss-reactive ketones (excluding diaryl/α,β-unsaturated/α-hetero) is 3. The van der Waals surface area contributed by atoms with Gasteiger partial charge >= 0.3 is 14.2 Å². The van der Waals surface area contributed by atoms with Crippen molar-refractivity contribution in [3.63, 3.8) is 0 Å². The molecule has 5 rings (SSSR count). The van der Waals surface area contributed by atoms with E-state index in [9.17, 15) is 29.2 Å². The molecule has 0 aliphatic carbocycles. The second kappa shape index (κ2) is 11.9. The largest absolute Gasteiger partial charge is 0.492 e. The summed E-state index contributed by atoms with van der Waals surface area (Å²) in [5.74, 6) is -0.968. The maximum atomic E-state index is 13.7. The number of aryl methyl sites for hydroxylation is 2. The summed E-state index contributed by atoms with van der Waals surface area (Å²) in [5, 5.41) is 20.7. The number of hydrogen-bond donors (Lipinski definition) is 2. The van der Waals surface area contributed by atoms with Gasteiger partial charge in [-0.1, -0.05) is 0 Å². The lowest BCUT2D eigenvalue weighted by Crippen LogP contribution is -2.33. The van der Waals surface area contributed by atoms with Gasteiger partial charge in [0.1, 0.15) is 5.78 Å². The number of nitrogens with zero attached hydrogens (tertiary/aromatic N) is 1. The van der Waals surface area contributed by atoms with Gasteiger partial charge in [-0.25, -0.2) is 0 Å². The molecule has 0 spiro atoms. The lowest BCUT2D eigenvalue weighted by Gasteiger charge is -2.20. The van der Waals surface area contributed by atoms with Crippen LogP contribution in [0.15, 0.2) is 12.1 Å². The number of carbonyl (C=O) groups excluding carboxylic acids is 4. The molecule has 42 heavy (non-hydrogen) atoms. The smallest absolute Gasteiger partial charge is 0.423 e. The van der Waals surface area contributed by atoms with Gasteiger partial charge in [0.05, 0.1) is 13.2 Å². The Balaban J connectivity index is 1.40. The number of carbonyl (C=O) groups is 4. The van der Waals surface area contributed by atoms with E-state index in [1.807, 2.05) is 39.8 Å². The molecule has 0 saturated carbocycles. The molecule has 1 fully saturated rings. The van der Waals surface area contributed by atoms with Crippen LogP contribution < -0.4 is 10.9 Å². The van der Waals surface area contributed by atoms with Crippen molar-refractivity contribution in [2.45, 2.75) is 73.5 Å². The van der Waals surface area contributed by atoms with Crippen LogP contribution in [0.3, 0.4) is 0 Å². The van der Waals surface area contributed by atoms with Crippen LogP contribution in [0.4, 0.5) is 0 Å². The molecule has 3 heterocycles. The van der Waals surface area contributed by atoms with E-state index in [0.717, 1.165) is 22.3 Å². The van der Waals surface area contributed by atoms with Crippen molar-refractivity contribution < 1.29 is 38.5 Å². The highest BCUT2D eigenvalue weighted by atomic mass is 16.5. The number of ketones is 3. The fraction of sp³-hybridized carbons (Fsp3) is 0.484. The van der Waals surface area contributed by atoms with Crippen molar-refractivity contribution in [3.05, 3.63) is 56.6 Å². The highest BCUT2D eigenvalue weighted by molar-refractivity contribution is 6.62. The van der Waals surface area contributed by atoms with E-state index in [1.54, 1.807) is 4.90 Å². The first kappa shape index (κ1) is 30.4. The van der Waals surface area contributed by atoms with Crippen LogP contribution in [0.25, 0.3) is 0 Å². The summed E-state index contributed by atoms with van der Waals surface area (Å²) in [6.45, 7) is 10.1. The first-order valence-electron chi connectivity index (χ1n) is 14.6. The minimum absolute atomic E-state index is 0.0664. The minimum Gasteiger partial charge on any atom is -0.423 e. The van der Waals surface area contributed by atoms with Crippen molar-refractivity contribution in [3.8, 4) is 0 Å². The fourth-order valence-electron chi connectivity index (χ4n) is 6.86. The molecule has 2 unspecified atom stereocenters. The topological polar surface area (TPSA) is 130 Å². The van der Waals surface area contributed by atoms with Crippen molar-refractivity contribution in [1.82, 2.24) is 4.90 Å². The Hall–Kier alpha value is -3.11. The molecule has 0 aromatic heterocycles. The van der Waals surface area contributed by atoms with E-state index >= 15 is 0 Å². The number of benzene rings is 2. The molecular formula is C31H37B2NO8. The predicted molar refractivity (Wildman–Crippen MR) is 158 cm³/mol. The van der Waals surface area contributed by atoms with E-state index in [2.05, 4.69) is 0 Å². The third-order valence-corrected chi connectivity index (χ3v) is 9.32. The number of hydrogen-bond acceptors (Lipinski definition) is 8. The molecule has 2 atom stereocenters.